The number of rotatable bonds is 7. The minimum Gasteiger partial charge on any atom is -0.491 e. The van der Waals surface area contributed by atoms with Crippen LogP contribution in [0.3, 0.4) is 0 Å². The summed E-state index contributed by atoms with van der Waals surface area (Å²) in [5.74, 6) is 3.32. The molecule has 1 rings (SSSR count). The summed E-state index contributed by atoms with van der Waals surface area (Å²) in [4.78, 5) is 0. The lowest BCUT2D eigenvalue weighted by Crippen LogP contribution is -2.37. The molecule has 0 saturated heterocycles. The van der Waals surface area contributed by atoms with Crippen LogP contribution in [0.4, 0.5) is 0 Å². The number of halogens is 1. The molecule has 0 aliphatic carbocycles. The molecule has 4 heteroatoms. The number of terminal acetylenes is 1. The van der Waals surface area contributed by atoms with Crippen molar-refractivity contribution in [1.29, 1.82) is 0 Å². The molecule has 0 aliphatic heterocycles. The fourth-order valence-electron chi connectivity index (χ4n) is 1.56. The van der Waals surface area contributed by atoms with E-state index in [1.165, 1.54) is 0 Å². The molecule has 0 radical (unpaired) electrons. The Morgan fingerprint density at radius 1 is 1.53 bits per heavy atom. The van der Waals surface area contributed by atoms with E-state index in [0.29, 0.717) is 17.3 Å². The van der Waals surface area contributed by atoms with Crippen LogP contribution in [-0.4, -0.2) is 30.4 Å². The van der Waals surface area contributed by atoms with Crippen LogP contribution >= 0.6 is 11.6 Å². The summed E-state index contributed by atoms with van der Waals surface area (Å²) in [7, 11) is 0. The van der Waals surface area contributed by atoms with Crippen LogP contribution in [0.2, 0.25) is 5.02 Å². The molecule has 0 saturated carbocycles. The molecule has 2 N–H and O–H groups in total. The van der Waals surface area contributed by atoms with Crippen molar-refractivity contribution in [2.24, 2.45) is 0 Å². The molecule has 2 unspecified atom stereocenters. The Morgan fingerprint density at radius 2 is 2.26 bits per heavy atom. The Labute approximate surface area is 119 Å². The van der Waals surface area contributed by atoms with Crippen molar-refractivity contribution in [3.05, 3.63) is 28.8 Å². The van der Waals surface area contributed by atoms with Gasteiger partial charge in [-0.25, -0.2) is 0 Å². The average molecular weight is 282 g/mol. The van der Waals surface area contributed by atoms with E-state index in [2.05, 4.69) is 11.2 Å². The van der Waals surface area contributed by atoms with E-state index in [1.807, 2.05) is 19.9 Å². The normalized spacial score (nSPS) is 13.6. The average Bonchev–Trinajstić information content (AvgIpc) is 2.41. The Hall–Kier alpha value is -1.21. The molecule has 2 atom stereocenters. The van der Waals surface area contributed by atoms with Crippen LogP contribution in [0.1, 0.15) is 18.9 Å². The summed E-state index contributed by atoms with van der Waals surface area (Å²) in [6.07, 6.45) is 5.56. The third-order valence-corrected chi connectivity index (χ3v) is 3.21. The number of nitrogens with one attached hydrogen (secondary N) is 1. The number of aryl methyl sites for hydroxylation is 1. The first-order chi connectivity index (χ1) is 9.06. The van der Waals surface area contributed by atoms with E-state index >= 15 is 0 Å². The van der Waals surface area contributed by atoms with Gasteiger partial charge in [0.05, 0.1) is 6.04 Å². The van der Waals surface area contributed by atoms with Crippen molar-refractivity contribution in [2.45, 2.75) is 32.4 Å². The fraction of sp³-hybridized carbons (Fsp3) is 0.467. The molecule has 19 heavy (non-hydrogen) atoms. The smallest absolute Gasteiger partial charge is 0.119 e. The maximum atomic E-state index is 9.79. The van der Waals surface area contributed by atoms with E-state index in [4.69, 9.17) is 22.8 Å². The van der Waals surface area contributed by atoms with Crippen molar-refractivity contribution in [3.8, 4) is 18.1 Å². The highest BCUT2D eigenvalue weighted by Crippen LogP contribution is 2.21. The van der Waals surface area contributed by atoms with Crippen LogP contribution in [-0.2, 0) is 0 Å². The van der Waals surface area contributed by atoms with Gasteiger partial charge < -0.3 is 15.2 Å². The molecule has 1 aromatic carbocycles. The van der Waals surface area contributed by atoms with E-state index in [1.54, 1.807) is 12.1 Å². The van der Waals surface area contributed by atoms with E-state index in [9.17, 15) is 5.11 Å². The molecule has 0 fully saturated rings. The number of aliphatic hydroxyl groups excluding tert-OH is 1. The van der Waals surface area contributed by atoms with Crippen LogP contribution < -0.4 is 10.1 Å². The van der Waals surface area contributed by atoms with Crippen molar-refractivity contribution in [3.63, 3.8) is 0 Å². The zero-order valence-electron chi connectivity index (χ0n) is 11.3. The number of hydrogen-bond donors (Lipinski definition) is 2. The maximum Gasteiger partial charge on any atom is 0.119 e. The molecule has 104 valence electrons. The number of ether oxygens (including phenoxy) is 1. The standard InChI is InChI=1S/C15H20ClNO2/c1-4-12(5-2)17-9-13(18)10-19-14-6-7-15(16)11(3)8-14/h1,6-8,12-13,17-18H,5,9-10H2,2-3H3. The molecule has 0 bridgehead atoms. The minimum atomic E-state index is -0.599. The van der Waals surface area contributed by atoms with Crippen LogP contribution in [0.5, 0.6) is 5.75 Å². The predicted octanol–water partition coefficient (Wildman–Crippen LogP) is 2.39. The second kappa shape index (κ2) is 8.06. The van der Waals surface area contributed by atoms with Crippen molar-refractivity contribution in [2.75, 3.05) is 13.2 Å². The van der Waals surface area contributed by atoms with Gasteiger partial charge in [-0.1, -0.05) is 24.4 Å². The van der Waals surface area contributed by atoms with E-state index in [-0.39, 0.29) is 12.6 Å². The predicted molar refractivity (Wildman–Crippen MR) is 78.6 cm³/mol. The van der Waals surface area contributed by atoms with Gasteiger partial charge in [-0.2, -0.15) is 0 Å². The van der Waals surface area contributed by atoms with Crippen molar-refractivity contribution in [1.82, 2.24) is 5.32 Å². The Morgan fingerprint density at radius 3 is 2.84 bits per heavy atom. The first-order valence-corrected chi connectivity index (χ1v) is 6.71. The maximum absolute atomic E-state index is 9.79. The third kappa shape index (κ3) is 5.52. The van der Waals surface area contributed by atoms with Gasteiger partial charge in [-0.3, -0.25) is 0 Å². The molecule has 0 spiro atoms. The summed E-state index contributed by atoms with van der Waals surface area (Å²) in [6, 6.07) is 5.40. The minimum absolute atomic E-state index is 0.00701. The van der Waals surface area contributed by atoms with Crippen LogP contribution in [0, 0.1) is 19.3 Å². The molecule has 0 heterocycles. The lowest BCUT2D eigenvalue weighted by molar-refractivity contribution is 0.105. The molecular formula is C15H20ClNO2. The molecule has 3 nitrogen and oxygen atoms in total. The molecule has 1 aromatic rings. The van der Waals surface area contributed by atoms with E-state index in [0.717, 1.165) is 12.0 Å². The summed E-state index contributed by atoms with van der Waals surface area (Å²) in [5.41, 5.74) is 0.949. The number of hydrogen-bond acceptors (Lipinski definition) is 3. The van der Waals surface area contributed by atoms with Crippen molar-refractivity contribution >= 4 is 11.6 Å². The van der Waals surface area contributed by atoms with Crippen molar-refractivity contribution < 1.29 is 9.84 Å². The van der Waals surface area contributed by atoms with Gasteiger partial charge in [0.25, 0.3) is 0 Å². The topological polar surface area (TPSA) is 41.5 Å². The second-order valence-electron chi connectivity index (χ2n) is 4.41. The number of aliphatic hydroxyl groups is 1. The molecule has 0 amide bonds. The van der Waals surface area contributed by atoms with Gasteiger partial charge in [0, 0.05) is 11.6 Å². The first-order valence-electron chi connectivity index (χ1n) is 6.33. The second-order valence-corrected chi connectivity index (χ2v) is 4.82. The lowest BCUT2D eigenvalue weighted by atomic mass is 10.2. The van der Waals surface area contributed by atoms with Gasteiger partial charge >= 0.3 is 0 Å². The van der Waals surface area contributed by atoms with Crippen LogP contribution in [0.25, 0.3) is 0 Å². The third-order valence-electron chi connectivity index (χ3n) is 2.78. The van der Waals surface area contributed by atoms with Gasteiger partial charge in [0.1, 0.15) is 18.5 Å². The highest BCUT2D eigenvalue weighted by Gasteiger charge is 2.08. The largest absolute Gasteiger partial charge is 0.491 e. The summed E-state index contributed by atoms with van der Waals surface area (Å²) in [5, 5.41) is 13.6. The van der Waals surface area contributed by atoms with Gasteiger partial charge in [-0.05, 0) is 37.1 Å². The quantitative estimate of drug-likeness (QED) is 0.754. The van der Waals surface area contributed by atoms with Gasteiger partial charge in [0.15, 0.2) is 0 Å². The first kappa shape index (κ1) is 15.8. The van der Waals surface area contributed by atoms with Crippen LogP contribution in [0.15, 0.2) is 18.2 Å². The number of benzene rings is 1. The summed E-state index contributed by atoms with van der Waals surface area (Å²) in [6.45, 7) is 4.53. The fourth-order valence-corrected chi connectivity index (χ4v) is 1.68. The zero-order chi connectivity index (χ0) is 14.3. The van der Waals surface area contributed by atoms with E-state index < -0.39 is 6.10 Å². The monoisotopic (exact) mass is 281 g/mol. The van der Waals surface area contributed by atoms with Gasteiger partial charge in [0.2, 0.25) is 0 Å². The highest BCUT2D eigenvalue weighted by atomic mass is 35.5. The SMILES string of the molecule is C#CC(CC)NCC(O)COc1ccc(Cl)c(C)c1. The van der Waals surface area contributed by atoms with Gasteiger partial charge in [-0.15, -0.1) is 6.42 Å². The summed E-state index contributed by atoms with van der Waals surface area (Å²) < 4.78 is 5.50. The summed E-state index contributed by atoms with van der Waals surface area (Å²) >= 11 is 5.93. The molecule has 0 aromatic heterocycles. The Bertz CT molecular complexity index is 442. The zero-order valence-corrected chi connectivity index (χ0v) is 12.1. The Kier molecular flexibility index (Phi) is 6.72. The molecular weight excluding hydrogens is 262 g/mol. The lowest BCUT2D eigenvalue weighted by Gasteiger charge is -2.16. The highest BCUT2D eigenvalue weighted by molar-refractivity contribution is 6.31. The molecule has 0 aliphatic rings. The Balaban J connectivity index is 2.35.